The molecule has 21 heavy (non-hydrogen) atoms. The van der Waals surface area contributed by atoms with Crippen molar-refractivity contribution in [1.29, 1.82) is 5.41 Å². The average molecular weight is 287 g/mol. The van der Waals surface area contributed by atoms with Gasteiger partial charge in [-0.2, -0.15) is 0 Å². The Hall–Kier alpha value is -2.53. The van der Waals surface area contributed by atoms with E-state index in [1.165, 1.54) is 24.4 Å². The lowest BCUT2D eigenvalue weighted by molar-refractivity contribution is 0.623. The summed E-state index contributed by atoms with van der Waals surface area (Å²) < 4.78 is 26.7. The van der Waals surface area contributed by atoms with Crippen molar-refractivity contribution in [2.45, 2.75) is 6.54 Å². The maximum atomic E-state index is 13.9. The third kappa shape index (κ3) is 3.73. The molecule has 0 amide bonds. The Morgan fingerprint density at radius 1 is 1.14 bits per heavy atom. The van der Waals surface area contributed by atoms with Gasteiger partial charge in [0.2, 0.25) is 0 Å². The molecule has 2 aromatic rings. The van der Waals surface area contributed by atoms with Gasteiger partial charge in [0.25, 0.3) is 0 Å². The lowest BCUT2D eigenvalue weighted by Gasteiger charge is -2.08. The minimum Gasteiger partial charge on any atom is -0.361 e. The number of anilines is 1. The smallest absolute Gasteiger partial charge is 0.131 e. The van der Waals surface area contributed by atoms with Crippen LogP contribution >= 0.6 is 0 Å². The summed E-state index contributed by atoms with van der Waals surface area (Å²) in [6.07, 6.45) is 2.55. The lowest BCUT2D eigenvalue weighted by Crippen LogP contribution is -2.01. The maximum Gasteiger partial charge on any atom is 0.131 e. The summed E-state index contributed by atoms with van der Waals surface area (Å²) in [5, 5.41) is 10.3. The number of benzene rings is 2. The number of allylic oxidation sites excluding steroid dienone is 1. The third-order valence-corrected chi connectivity index (χ3v) is 2.97. The standard InChI is InChI=1S/C16H15F2N3/c17-13-2-4-14(5-3-13)21-10-12(9-20)15-7-11(8-19)1-6-16(15)18/h1-7,9-10,20-21H,8,19H2/b12-10+,20-9?. The number of rotatable bonds is 5. The van der Waals surface area contributed by atoms with Gasteiger partial charge in [0, 0.05) is 35.8 Å². The van der Waals surface area contributed by atoms with Crippen molar-refractivity contribution in [2.75, 3.05) is 5.32 Å². The third-order valence-electron chi connectivity index (χ3n) is 2.97. The number of nitrogens with one attached hydrogen (secondary N) is 2. The first-order chi connectivity index (χ1) is 10.1. The van der Waals surface area contributed by atoms with Crippen molar-refractivity contribution >= 4 is 17.5 Å². The second-order valence-corrected chi connectivity index (χ2v) is 4.41. The first-order valence-corrected chi connectivity index (χ1v) is 6.35. The monoisotopic (exact) mass is 287 g/mol. The molecule has 108 valence electrons. The van der Waals surface area contributed by atoms with E-state index in [0.717, 1.165) is 11.8 Å². The van der Waals surface area contributed by atoms with Crippen LogP contribution in [0.15, 0.2) is 48.7 Å². The van der Waals surface area contributed by atoms with Crippen LogP contribution in [0, 0.1) is 17.0 Å². The van der Waals surface area contributed by atoms with E-state index < -0.39 is 5.82 Å². The van der Waals surface area contributed by atoms with Crippen LogP contribution < -0.4 is 11.1 Å². The zero-order valence-corrected chi connectivity index (χ0v) is 11.2. The molecule has 3 nitrogen and oxygen atoms in total. The van der Waals surface area contributed by atoms with Crippen LogP contribution in [-0.4, -0.2) is 6.21 Å². The molecule has 0 aromatic heterocycles. The molecule has 0 saturated heterocycles. The SMILES string of the molecule is N=C/C(=C\Nc1ccc(F)cc1)c1cc(CN)ccc1F. The summed E-state index contributed by atoms with van der Waals surface area (Å²) in [5.41, 5.74) is 7.62. The Bertz CT molecular complexity index is 664. The Morgan fingerprint density at radius 2 is 1.86 bits per heavy atom. The average Bonchev–Trinajstić information content (AvgIpc) is 2.51. The molecule has 0 saturated carbocycles. The van der Waals surface area contributed by atoms with Crippen LogP contribution in [0.4, 0.5) is 14.5 Å². The van der Waals surface area contributed by atoms with Gasteiger partial charge in [-0.1, -0.05) is 6.07 Å². The predicted molar refractivity (Wildman–Crippen MR) is 81.1 cm³/mol. The van der Waals surface area contributed by atoms with Crippen molar-refractivity contribution < 1.29 is 8.78 Å². The highest BCUT2D eigenvalue weighted by Gasteiger charge is 2.07. The van der Waals surface area contributed by atoms with Gasteiger partial charge in [-0.3, -0.25) is 0 Å². The summed E-state index contributed by atoms with van der Waals surface area (Å²) in [6.45, 7) is 0.296. The van der Waals surface area contributed by atoms with E-state index in [-0.39, 0.29) is 5.82 Å². The normalized spacial score (nSPS) is 11.3. The van der Waals surface area contributed by atoms with Crippen LogP contribution in [0.1, 0.15) is 11.1 Å². The fourth-order valence-corrected chi connectivity index (χ4v) is 1.82. The van der Waals surface area contributed by atoms with Crippen LogP contribution in [0.5, 0.6) is 0 Å². The maximum absolute atomic E-state index is 13.9. The van der Waals surface area contributed by atoms with Gasteiger partial charge in [-0.15, -0.1) is 0 Å². The van der Waals surface area contributed by atoms with E-state index in [2.05, 4.69) is 5.32 Å². The summed E-state index contributed by atoms with van der Waals surface area (Å²) in [7, 11) is 0. The number of nitrogens with two attached hydrogens (primary N) is 1. The molecule has 0 fully saturated rings. The van der Waals surface area contributed by atoms with E-state index in [1.54, 1.807) is 24.3 Å². The molecule has 0 radical (unpaired) electrons. The van der Waals surface area contributed by atoms with Crippen molar-refractivity contribution in [3.63, 3.8) is 0 Å². The van der Waals surface area contributed by atoms with E-state index in [4.69, 9.17) is 11.1 Å². The van der Waals surface area contributed by atoms with Crippen LogP contribution in [0.2, 0.25) is 0 Å². The number of hydrogen-bond acceptors (Lipinski definition) is 3. The predicted octanol–water partition coefficient (Wildman–Crippen LogP) is 3.53. The molecule has 0 aliphatic carbocycles. The second kappa shape index (κ2) is 6.76. The molecule has 2 aromatic carbocycles. The highest BCUT2D eigenvalue weighted by molar-refractivity contribution is 6.08. The fraction of sp³-hybridized carbons (Fsp3) is 0.0625. The zero-order chi connectivity index (χ0) is 15.2. The first-order valence-electron chi connectivity index (χ1n) is 6.35. The topological polar surface area (TPSA) is 61.9 Å². The van der Waals surface area contributed by atoms with Gasteiger partial charge in [-0.25, -0.2) is 8.78 Å². The molecule has 0 heterocycles. The Kier molecular flexibility index (Phi) is 4.79. The highest BCUT2D eigenvalue weighted by Crippen LogP contribution is 2.19. The lowest BCUT2D eigenvalue weighted by atomic mass is 10.0. The molecular weight excluding hydrogens is 272 g/mol. The minimum absolute atomic E-state index is 0.294. The zero-order valence-electron chi connectivity index (χ0n) is 11.2. The molecule has 2 rings (SSSR count). The molecular formula is C16H15F2N3. The molecule has 0 aliphatic heterocycles. The van der Waals surface area contributed by atoms with Crippen molar-refractivity contribution in [1.82, 2.24) is 0 Å². The van der Waals surface area contributed by atoms with Gasteiger partial charge in [0.15, 0.2) is 0 Å². The summed E-state index contributed by atoms with van der Waals surface area (Å²) in [6, 6.07) is 10.3. The van der Waals surface area contributed by atoms with Gasteiger partial charge in [0.05, 0.1) is 0 Å². The molecule has 0 unspecified atom stereocenters. The highest BCUT2D eigenvalue weighted by atomic mass is 19.1. The molecule has 0 spiro atoms. The van der Waals surface area contributed by atoms with Crippen molar-refractivity contribution in [3.05, 3.63) is 71.4 Å². The van der Waals surface area contributed by atoms with E-state index in [0.29, 0.717) is 23.4 Å². The molecule has 4 N–H and O–H groups in total. The quantitative estimate of drug-likeness (QED) is 0.737. The van der Waals surface area contributed by atoms with E-state index in [9.17, 15) is 8.78 Å². The van der Waals surface area contributed by atoms with Gasteiger partial charge in [-0.05, 0) is 42.0 Å². The Labute approximate surface area is 121 Å². The summed E-state index contributed by atoms with van der Waals surface area (Å²) in [5.74, 6) is -0.763. The van der Waals surface area contributed by atoms with Crippen LogP contribution in [-0.2, 0) is 6.54 Å². The number of hydrogen-bond donors (Lipinski definition) is 3. The summed E-state index contributed by atoms with van der Waals surface area (Å²) in [4.78, 5) is 0. The Morgan fingerprint density at radius 3 is 2.48 bits per heavy atom. The molecule has 0 aliphatic rings. The second-order valence-electron chi connectivity index (χ2n) is 4.41. The largest absolute Gasteiger partial charge is 0.361 e. The summed E-state index contributed by atoms with van der Waals surface area (Å²) >= 11 is 0. The fourth-order valence-electron chi connectivity index (χ4n) is 1.82. The van der Waals surface area contributed by atoms with Crippen molar-refractivity contribution in [2.24, 2.45) is 5.73 Å². The minimum atomic E-state index is -0.428. The Balaban J connectivity index is 2.28. The van der Waals surface area contributed by atoms with Crippen molar-refractivity contribution in [3.8, 4) is 0 Å². The first kappa shape index (κ1) is 14.9. The molecule has 0 bridgehead atoms. The van der Waals surface area contributed by atoms with E-state index in [1.807, 2.05) is 0 Å². The molecule has 0 atom stereocenters. The van der Waals surface area contributed by atoms with Gasteiger partial charge < -0.3 is 16.5 Å². The number of halogens is 2. The van der Waals surface area contributed by atoms with Crippen LogP contribution in [0.3, 0.4) is 0 Å². The van der Waals surface area contributed by atoms with Gasteiger partial charge >= 0.3 is 0 Å². The van der Waals surface area contributed by atoms with E-state index >= 15 is 0 Å². The van der Waals surface area contributed by atoms with Crippen LogP contribution in [0.25, 0.3) is 5.57 Å². The van der Waals surface area contributed by atoms with Gasteiger partial charge in [0.1, 0.15) is 11.6 Å². The molecule has 5 heteroatoms.